The Bertz CT molecular complexity index is 2020. The molecule has 0 spiro atoms. The molecular formula is C45H46O3. The van der Waals surface area contributed by atoms with Crippen LogP contribution in [0, 0.1) is 30.6 Å². The first kappa shape index (κ1) is 34.2. The minimum atomic E-state index is -0.225. The Hall–Kier alpha value is -5.12. The van der Waals surface area contributed by atoms with Gasteiger partial charge in [-0.15, -0.1) is 0 Å². The molecule has 0 aromatic heterocycles. The van der Waals surface area contributed by atoms with E-state index < -0.39 is 0 Å². The van der Waals surface area contributed by atoms with Gasteiger partial charge in [-0.1, -0.05) is 61.4 Å². The fourth-order valence-electron chi connectivity index (χ4n) is 5.34. The van der Waals surface area contributed by atoms with Gasteiger partial charge < -0.3 is 14.2 Å². The Labute approximate surface area is 286 Å². The third kappa shape index (κ3) is 10.2. The van der Waals surface area contributed by atoms with Crippen LogP contribution in [-0.4, -0.2) is 18.8 Å². The summed E-state index contributed by atoms with van der Waals surface area (Å²) in [5.41, 5.74) is 4.83. The molecule has 5 rings (SSSR count). The van der Waals surface area contributed by atoms with Crippen molar-refractivity contribution in [3.05, 3.63) is 131 Å². The van der Waals surface area contributed by atoms with Gasteiger partial charge in [-0.05, 0) is 147 Å². The number of unbranched alkanes of at least 4 members (excludes halogenated alkanes) is 3. The molecule has 0 amide bonds. The highest BCUT2D eigenvalue weighted by molar-refractivity contribution is 5.86. The molecule has 0 atom stereocenters. The molecule has 0 radical (unpaired) electrons. The van der Waals surface area contributed by atoms with Crippen molar-refractivity contribution in [2.45, 2.75) is 72.3 Å². The Balaban J connectivity index is 1.15. The normalized spacial score (nSPS) is 10.9. The van der Waals surface area contributed by atoms with E-state index in [1.165, 1.54) is 0 Å². The van der Waals surface area contributed by atoms with E-state index in [2.05, 4.69) is 138 Å². The molecule has 0 aliphatic carbocycles. The van der Waals surface area contributed by atoms with Crippen LogP contribution in [-0.2, 0) is 4.74 Å². The van der Waals surface area contributed by atoms with Gasteiger partial charge in [0.2, 0.25) is 0 Å². The predicted octanol–water partition coefficient (Wildman–Crippen LogP) is 11.2. The average Bonchev–Trinajstić information content (AvgIpc) is 3.07. The monoisotopic (exact) mass is 634 g/mol. The number of aryl methyl sites for hydroxylation is 1. The van der Waals surface area contributed by atoms with Crippen molar-refractivity contribution in [1.82, 2.24) is 0 Å². The maximum Gasteiger partial charge on any atom is 0.120 e. The summed E-state index contributed by atoms with van der Waals surface area (Å²) < 4.78 is 17.6. The summed E-state index contributed by atoms with van der Waals surface area (Å²) >= 11 is 0. The lowest BCUT2D eigenvalue weighted by molar-refractivity contribution is 0.131. The van der Waals surface area contributed by atoms with E-state index in [9.17, 15) is 0 Å². The topological polar surface area (TPSA) is 27.7 Å². The molecular weight excluding hydrogens is 588 g/mol. The summed E-state index contributed by atoms with van der Waals surface area (Å²) in [5, 5.41) is 4.58. The van der Waals surface area contributed by atoms with E-state index >= 15 is 0 Å². The SMILES string of the molecule is C=C(CC)OCCCCCCOc1ccc2cc(C#Cc3ccc(C#Cc4ccc5cc(OC(C)(C)C)ccc5c4)cc3C)ccc2c1. The molecule has 0 saturated carbocycles. The molecule has 5 aromatic carbocycles. The van der Waals surface area contributed by atoms with Gasteiger partial charge in [0.1, 0.15) is 17.1 Å². The average molecular weight is 635 g/mol. The lowest BCUT2D eigenvalue weighted by atomic mass is 10.0. The fourth-order valence-corrected chi connectivity index (χ4v) is 5.34. The molecule has 244 valence electrons. The molecule has 48 heavy (non-hydrogen) atoms. The number of allylic oxidation sites excluding steroid dienone is 1. The number of hydrogen-bond acceptors (Lipinski definition) is 3. The molecule has 0 fully saturated rings. The minimum absolute atomic E-state index is 0.225. The van der Waals surface area contributed by atoms with Gasteiger partial charge >= 0.3 is 0 Å². The minimum Gasteiger partial charge on any atom is -0.499 e. The van der Waals surface area contributed by atoms with Crippen molar-refractivity contribution in [3.63, 3.8) is 0 Å². The van der Waals surface area contributed by atoms with E-state index in [0.717, 1.165) is 112 Å². The fraction of sp³-hybridized carbons (Fsp3) is 0.289. The molecule has 5 aromatic rings. The van der Waals surface area contributed by atoms with Gasteiger partial charge in [0.25, 0.3) is 0 Å². The van der Waals surface area contributed by atoms with E-state index in [-0.39, 0.29) is 5.60 Å². The summed E-state index contributed by atoms with van der Waals surface area (Å²) in [5.74, 6) is 16.0. The van der Waals surface area contributed by atoms with Crippen LogP contribution in [0.2, 0.25) is 0 Å². The summed E-state index contributed by atoms with van der Waals surface area (Å²) in [6.45, 7) is 15.7. The molecule has 0 saturated heterocycles. The van der Waals surface area contributed by atoms with E-state index in [4.69, 9.17) is 14.2 Å². The van der Waals surface area contributed by atoms with Crippen LogP contribution in [0.3, 0.4) is 0 Å². The van der Waals surface area contributed by atoms with Crippen molar-refractivity contribution >= 4 is 21.5 Å². The van der Waals surface area contributed by atoms with Crippen molar-refractivity contribution in [1.29, 1.82) is 0 Å². The molecule has 0 N–H and O–H groups in total. The van der Waals surface area contributed by atoms with Crippen molar-refractivity contribution in [2.75, 3.05) is 13.2 Å². The van der Waals surface area contributed by atoms with Crippen molar-refractivity contribution < 1.29 is 14.2 Å². The number of benzene rings is 5. The first-order chi connectivity index (χ1) is 23.1. The number of fused-ring (bicyclic) bond motifs is 2. The maximum atomic E-state index is 6.02. The molecule has 0 unspecified atom stereocenters. The molecule has 0 bridgehead atoms. The van der Waals surface area contributed by atoms with Crippen LogP contribution in [0.15, 0.2) is 103 Å². The third-order valence-corrected chi connectivity index (χ3v) is 7.97. The molecule has 0 aliphatic heterocycles. The van der Waals surface area contributed by atoms with Crippen LogP contribution in [0.5, 0.6) is 11.5 Å². The van der Waals surface area contributed by atoms with Gasteiger partial charge in [-0.2, -0.15) is 0 Å². The Kier molecular flexibility index (Phi) is 11.5. The van der Waals surface area contributed by atoms with Crippen molar-refractivity contribution in [2.24, 2.45) is 0 Å². The zero-order valence-corrected chi connectivity index (χ0v) is 29.0. The van der Waals surface area contributed by atoms with E-state index in [1.54, 1.807) is 0 Å². The summed E-state index contributed by atoms with van der Waals surface area (Å²) in [7, 11) is 0. The number of rotatable bonds is 11. The largest absolute Gasteiger partial charge is 0.499 e. The van der Waals surface area contributed by atoms with Crippen LogP contribution < -0.4 is 9.47 Å². The van der Waals surface area contributed by atoms with Crippen molar-refractivity contribution in [3.8, 4) is 35.2 Å². The standard InChI is InChI=1S/C45H46O3/c1-7-34(3)46-26-10-8-9-11-27-47-43-24-22-39-30-37(17-20-41(39)31-43)15-19-38-18-14-35(28-33(38)2)12-13-36-16-21-42-32-44(48-45(4,5)6)25-23-40(42)29-36/h14,16-18,20-25,28-32H,3,7-11,26-27H2,1-2,4-6H3. The van der Waals surface area contributed by atoms with Gasteiger partial charge in [0.15, 0.2) is 0 Å². The van der Waals surface area contributed by atoms with Gasteiger partial charge in [0.05, 0.1) is 19.0 Å². The first-order valence-corrected chi connectivity index (χ1v) is 17.0. The molecule has 0 heterocycles. The van der Waals surface area contributed by atoms with Crippen LogP contribution in [0.1, 0.15) is 87.6 Å². The van der Waals surface area contributed by atoms with E-state index in [1.807, 2.05) is 18.2 Å². The van der Waals surface area contributed by atoms with Gasteiger partial charge in [-0.3, -0.25) is 0 Å². The van der Waals surface area contributed by atoms with Crippen LogP contribution >= 0.6 is 0 Å². The van der Waals surface area contributed by atoms with Crippen LogP contribution in [0.25, 0.3) is 21.5 Å². The highest BCUT2D eigenvalue weighted by Gasteiger charge is 2.12. The number of hydrogen-bond donors (Lipinski definition) is 0. The first-order valence-electron chi connectivity index (χ1n) is 17.0. The highest BCUT2D eigenvalue weighted by atomic mass is 16.5. The highest BCUT2D eigenvalue weighted by Crippen LogP contribution is 2.25. The second kappa shape index (κ2) is 16.1. The summed E-state index contributed by atoms with van der Waals surface area (Å²) in [6.07, 6.45) is 5.25. The molecule has 0 aliphatic rings. The summed E-state index contributed by atoms with van der Waals surface area (Å²) in [6, 6.07) is 31.3. The molecule has 3 nitrogen and oxygen atoms in total. The zero-order chi connectivity index (χ0) is 33.9. The zero-order valence-electron chi connectivity index (χ0n) is 29.0. The lowest BCUT2D eigenvalue weighted by Crippen LogP contribution is -2.22. The predicted molar refractivity (Wildman–Crippen MR) is 201 cm³/mol. The van der Waals surface area contributed by atoms with Crippen LogP contribution in [0.4, 0.5) is 0 Å². The van der Waals surface area contributed by atoms with Gasteiger partial charge in [0, 0.05) is 28.7 Å². The lowest BCUT2D eigenvalue weighted by Gasteiger charge is -2.21. The smallest absolute Gasteiger partial charge is 0.120 e. The Morgan fingerprint density at radius 1 is 0.604 bits per heavy atom. The van der Waals surface area contributed by atoms with Gasteiger partial charge in [-0.25, -0.2) is 0 Å². The summed E-state index contributed by atoms with van der Waals surface area (Å²) in [4.78, 5) is 0. The second-order valence-electron chi connectivity index (χ2n) is 13.2. The molecule has 3 heteroatoms. The Morgan fingerprint density at radius 3 is 1.75 bits per heavy atom. The Morgan fingerprint density at radius 2 is 1.12 bits per heavy atom. The third-order valence-electron chi connectivity index (χ3n) is 7.97. The second-order valence-corrected chi connectivity index (χ2v) is 13.2. The number of ether oxygens (including phenoxy) is 3. The van der Waals surface area contributed by atoms with E-state index in [0.29, 0.717) is 0 Å². The maximum absolute atomic E-state index is 6.02. The quantitative estimate of drug-likeness (QED) is 0.0822.